The number of ether oxygens (including phenoxy) is 1. The molecule has 6 heteroatoms. The SMILES string of the molecule is NS(=O)(=O)c1ccc2c(c1)CCN2C[C@H]1CCCCO1. The average molecular weight is 296 g/mol. The summed E-state index contributed by atoms with van der Waals surface area (Å²) in [4.78, 5) is 2.49. The van der Waals surface area contributed by atoms with Crippen LogP contribution in [0.2, 0.25) is 0 Å². The second-order valence-corrected chi connectivity index (χ2v) is 7.08. The maximum Gasteiger partial charge on any atom is 0.238 e. The fourth-order valence-corrected chi connectivity index (χ4v) is 3.57. The summed E-state index contributed by atoms with van der Waals surface area (Å²) in [6.07, 6.45) is 4.67. The van der Waals surface area contributed by atoms with Crippen LogP contribution in [0.1, 0.15) is 24.8 Å². The van der Waals surface area contributed by atoms with E-state index in [-0.39, 0.29) is 4.90 Å². The molecule has 5 nitrogen and oxygen atoms in total. The molecule has 0 unspecified atom stereocenters. The molecule has 0 amide bonds. The fourth-order valence-electron chi connectivity index (χ4n) is 3.01. The van der Waals surface area contributed by atoms with Gasteiger partial charge in [0.25, 0.3) is 0 Å². The Balaban J connectivity index is 1.77. The molecule has 20 heavy (non-hydrogen) atoms. The molecule has 2 aliphatic heterocycles. The number of rotatable bonds is 3. The highest BCUT2D eigenvalue weighted by atomic mass is 32.2. The summed E-state index contributed by atoms with van der Waals surface area (Å²) < 4.78 is 28.5. The lowest BCUT2D eigenvalue weighted by Gasteiger charge is -2.28. The van der Waals surface area contributed by atoms with E-state index in [2.05, 4.69) is 4.90 Å². The van der Waals surface area contributed by atoms with Crippen LogP contribution in [0.5, 0.6) is 0 Å². The molecule has 3 rings (SSSR count). The van der Waals surface area contributed by atoms with Crippen molar-refractivity contribution in [3.05, 3.63) is 23.8 Å². The van der Waals surface area contributed by atoms with Gasteiger partial charge in [-0.25, -0.2) is 13.6 Å². The Morgan fingerprint density at radius 2 is 2.20 bits per heavy atom. The molecule has 0 aromatic heterocycles. The van der Waals surface area contributed by atoms with E-state index < -0.39 is 10.0 Å². The quantitative estimate of drug-likeness (QED) is 0.911. The number of hydrogen-bond acceptors (Lipinski definition) is 4. The predicted octanol–water partition coefficient (Wildman–Crippen LogP) is 1.27. The van der Waals surface area contributed by atoms with Crippen molar-refractivity contribution in [3.63, 3.8) is 0 Å². The van der Waals surface area contributed by atoms with Gasteiger partial charge in [-0.05, 0) is 49.4 Å². The highest BCUT2D eigenvalue weighted by molar-refractivity contribution is 7.89. The lowest BCUT2D eigenvalue weighted by molar-refractivity contribution is 0.0212. The molecule has 1 aromatic rings. The summed E-state index contributed by atoms with van der Waals surface area (Å²) in [7, 11) is -3.61. The van der Waals surface area contributed by atoms with Gasteiger partial charge in [-0.1, -0.05) is 0 Å². The molecular formula is C14H20N2O3S. The molecule has 2 N–H and O–H groups in total. The van der Waals surface area contributed by atoms with Crippen molar-refractivity contribution in [3.8, 4) is 0 Å². The number of hydrogen-bond donors (Lipinski definition) is 1. The average Bonchev–Trinajstić information content (AvgIpc) is 2.81. The van der Waals surface area contributed by atoms with Gasteiger partial charge in [0.1, 0.15) is 0 Å². The van der Waals surface area contributed by atoms with Crippen molar-refractivity contribution in [1.29, 1.82) is 0 Å². The topological polar surface area (TPSA) is 72.6 Å². The molecule has 0 radical (unpaired) electrons. The van der Waals surface area contributed by atoms with E-state index in [0.717, 1.165) is 50.2 Å². The molecule has 1 aromatic carbocycles. The highest BCUT2D eigenvalue weighted by Crippen LogP contribution is 2.30. The largest absolute Gasteiger partial charge is 0.376 e. The van der Waals surface area contributed by atoms with Crippen LogP contribution in [0.3, 0.4) is 0 Å². The zero-order valence-electron chi connectivity index (χ0n) is 11.4. The summed E-state index contributed by atoms with van der Waals surface area (Å²) in [5, 5.41) is 5.17. The van der Waals surface area contributed by atoms with E-state index in [1.165, 1.54) is 6.42 Å². The van der Waals surface area contributed by atoms with Crippen LogP contribution in [0.4, 0.5) is 5.69 Å². The van der Waals surface area contributed by atoms with Crippen molar-refractivity contribution >= 4 is 15.7 Å². The first-order valence-corrected chi connectivity index (χ1v) is 8.61. The second-order valence-electron chi connectivity index (χ2n) is 5.52. The van der Waals surface area contributed by atoms with Crippen molar-refractivity contribution in [1.82, 2.24) is 0 Å². The number of primary sulfonamides is 1. The summed E-state index contributed by atoms with van der Waals surface area (Å²) in [5.74, 6) is 0. The minimum atomic E-state index is -3.61. The minimum absolute atomic E-state index is 0.201. The third kappa shape index (κ3) is 2.82. The van der Waals surface area contributed by atoms with Gasteiger partial charge in [-0.15, -0.1) is 0 Å². The Kier molecular flexibility index (Phi) is 3.70. The van der Waals surface area contributed by atoms with E-state index in [1.807, 2.05) is 6.07 Å². The molecule has 1 atom stereocenters. The van der Waals surface area contributed by atoms with Crippen molar-refractivity contribution in [2.24, 2.45) is 5.14 Å². The van der Waals surface area contributed by atoms with E-state index >= 15 is 0 Å². The first-order valence-electron chi connectivity index (χ1n) is 7.06. The third-order valence-corrected chi connectivity index (χ3v) is 4.98. The molecule has 1 fully saturated rings. The Morgan fingerprint density at radius 3 is 2.90 bits per heavy atom. The van der Waals surface area contributed by atoms with E-state index in [0.29, 0.717) is 6.10 Å². The van der Waals surface area contributed by atoms with E-state index in [4.69, 9.17) is 9.88 Å². The van der Waals surface area contributed by atoms with E-state index in [1.54, 1.807) is 12.1 Å². The molecule has 2 aliphatic rings. The van der Waals surface area contributed by atoms with Gasteiger partial charge in [0, 0.05) is 25.4 Å². The maximum absolute atomic E-state index is 11.4. The Labute approximate surface area is 119 Å². The van der Waals surface area contributed by atoms with Gasteiger partial charge < -0.3 is 9.64 Å². The van der Waals surface area contributed by atoms with Crippen molar-refractivity contribution in [2.45, 2.75) is 36.7 Å². The molecule has 1 saturated heterocycles. The van der Waals surface area contributed by atoms with Gasteiger partial charge in [0.2, 0.25) is 10.0 Å². The van der Waals surface area contributed by atoms with E-state index in [9.17, 15) is 8.42 Å². The van der Waals surface area contributed by atoms with Crippen LogP contribution < -0.4 is 10.0 Å². The Morgan fingerprint density at radius 1 is 1.35 bits per heavy atom. The number of fused-ring (bicyclic) bond motifs is 1. The zero-order valence-corrected chi connectivity index (χ0v) is 12.2. The van der Waals surface area contributed by atoms with Crippen LogP contribution in [0.25, 0.3) is 0 Å². The van der Waals surface area contributed by atoms with Crippen LogP contribution in [0.15, 0.2) is 23.1 Å². The van der Waals surface area contributed by atoms with Crippen molar-refractivity contribution in [2.75, 3.05) is 24.6 Å². The predicted molar refractivity (Wildman–Crippen MR) is 77.3 cm³/mol. The first-order chi connectivity index (χ1) is 9.54. The molecular weight excluding hydrogens is 276 g/mol. The number of nitrogens with two attached hydrogens (primary N) is 1. The minimum Gasteiger partial charge on any atom is -0.376 e. The lowest BCUT2D eigenvalue weighted by Crippen LogP contribution is -2.34. The lowest BCUT2D eigenvalue weighted by atomic mass is 10.1. The van der Waals surface area contributed by atoms with Crippen LogP contribution in [-0.2, 0) is 21.2 Å². The third-order valence-electron chi connectivity index (χ3n) is 4.07. The smallest absolute Gasteiger partial charge is 0.238 e. The molecule has 2 heterocycles. The molecule has 110 valence electrons. The number of nitrogens with zero attached hydrogens (tertiary/aromatic N) is 1. The maximum atomic E-state index is 11.4. The zero-order chi connectivity index (χ0) is 14.2. The fraction of sp³-hybridized carbons (Fsp3) is 0.571. The number of benzene rings is 1. The summed E-state index contributed by atoms with van der Waals surface area (Å²) in [5.41, 5.74) is 2.18. The van der Waals surface area contributed by atoms with Crippen LogP contribution >= 0.6 is 0 Å². The normalized spacial score (nSPS) is 22.9. The van der Waals surface area contributed by atoms with Gasteiger partial charge >= 0.3 is 0 Å². The van der Waals surface area contributed by atoms with Gasteiger partial charge in [0.05, 0.1) is 11.0 Å². The number of sulfonamides is 1. The molecule has 0 bridgehead atoms. The Bertz CT molecular complexity index is 594. The molecule has 0 aliphatic carbocycles. The van der Waals surface area contributed by atoms with Crippen LogP contribution in [-0.4, -0.2) is 34.2 Å². The van der Waals surface area contributed by atoms with Crippen molar-refractivity contribution < 1.29 is 13.2 Å². The number of anilines is 1. The standard InChI is InChI=1S/C14H20N2O3S/c15-20(17,18)13-4-5-14-11(9-13)6-7-16(14)10-12-3-1-2-8-19-12/h4-5,9,12H,1-3,6-8,10H2,(H2,15,17,18)/t12-/m1/s1. The summed E-state index contributed by atoms with van der Waals surface area (Å²) in [6.45, 7) is 2.67. The second kappa shape index (κ2) is 5.35. The molecule has 0 saturated carbocycles. The van der Waals surface area contributed by atoms with Gasteiger partial charge in [-0.2, -0.15) is 0 Å². The summed E-state index contributed by atoms with van der Waals surface area (Å²) >= 11 is 0. The van der Waals surface area contributed by atoms with Gasteiger partial charge in [-0.3, -0.25) is 0 Å². The first kappa shape index (κ1) is 13.9. The molecule has 0 spiro atoms. The Hall–Kier alpha value is -1.11. The van der Waals surface area contributed by atoms with Crippen LogP contribution in [0, 0.1) is 0 Å². The summed E-state index contributed by atoms with van der Waals surface area (Å²) in [6, 6.07) is 5.16. The monoisotopic (exact) mass is 296 g/mol. The van der Waals surface area contributed by atoms with Gasteiger partial charge in [0.15, 0.2) is 0 Å². The highest BCUT2D eigenvalue weighted by Gasteiger charge is 2.24.